The van der Waals surface area contributed by atoms with Crippen molar-refractivity contribution in [2.24, 2.45) is 0 Å². The zero-order valence-corrected chi connectivity index (χ0v) is 14.5. The van der Waals surface area contributed by atoms with Gasteiger partial charge in [-0.05, 0) is 42.8 Å². The van der Waals surface area contributed by atoms with Gasteiger partial charge in [0.05, 0.1) is 11.9 Å². The molecule has 0 spiro atoms. The molecule has 4 rings (SSSR count). The number of halogens is 1. The quantitative estimate of drug-likeness (QED) is 0.760. The van der Waals surface area contributed by atoms with Gasteiger partial charge in [-0.1, -0.05) is 11.6 Å². The number of carboxylic acid groups (broad SMARTS) is 1. The number of fused-ring (bicyclic) bond motifs is 2. The Morgan fingerprint density at radius 3 is 2.46 bits per heavy atom. The smallest absolute Gasteiger partial charge is 0.307 e. The van der Waals surface area contributed by atoms with Crippen molar-refractivity contribution in [2.45, 2.75) is 13.3 Å². The molecule has 1 aliphatic heterocycles. The molecule has 0 aliphatic carbocycles. The average Bonchev–Trinajstić information content (AvgIpc) is 3.16. The number of hydrogen-bond donors (Lipinski definition) is 1. The van der Waals surface area contributed by atoms with Crippen molar-refractivity contribution in [2.75, 3.05) is 6.79 Å². The Bertz CT molecular complexity index is 1050. The average molecular weight is 372 g/mol. The summed E-state index contributed by atoms with van der Waals surface area (Å²) >= 11 is 5.90. The molecule has 6 nitrogen and oxygen atoms in total. The molecule has 0 amide bonds. The maximum absolute atomic E-state index is 13.1. The van der Waals surface area contributed by atoms with Crippen LogP contribution in [-0.4, -0.2) is 28.3 Å². The summed E-state index contributed by atoms with van der Waals surface area (Å²) in [6, 6.07) is 10.0. The minimum Gasteiger partial charge on any atom is -0.481 e. The second-order valence-corrected chi connectivity index (χ2v) is 6.44. The number of carbonyl (C=O) groups is 2. The number of carboxylic acids is 1. The van der Waals surface area contributed by atoms with E-state index in [1.54, 1.807) is 43.3 Å². The van der Waals surface area contributed by atoms with Crippen molar-refractivity contribution in [1.29, 1.82) is 0 Å². The lowest BCUT2D eigenvalue weighted by Gasteiger charge is -2.08. The zero-order chi connectivity index (χ0) is 18.4. The molecule has 0 atom stereocenters. The Morgan fingerprint density at radius 1 is 1.15 bits per heavy atom. The summed E-state index contributed by atoms with van der Waals surface area (Å²) in [7, 11) is 0. The molecule has 1 aromatic heterocycles. The number of hydrogen-bond acceptors (Lipinski definition) is 4. The summed E-state index contributed by atoms with van der Waals surface area (Å²) in [6.45, 7) is 1.83. The highest BCUT2D eigenvalue weighted by Crippen LogP contribution is 2.39. The van der Waals surface area contributed by atoms with Crippen LogP contribution in [0.15, 0.2) is 36.4 Å². The zero-order valence-electron chi connectivity index (χ0n) is 13.8. The van der Waals surface area contributed by atoms with E-state index in [4.69, 9.17) is 21.1 Å². The fraction of sp³-hybridized carbons (Fsp3) is 0.158. The van der Waals surface area contributed by atoms with Gasteiger partial charge in [0.15, 0.2) is 11.5 Å². The Balaban J connectivity index is 1.95. The van der Waals surface area contributed by atoms with E-state index in [1.165, 1.54) is 4.57 Å². The third-order valence-corrected chi connectivity index (χ3v) is 4.70. The normalized spacial score (nSPS) is 12.5. The lowest BCUT2D eigenvalue weighted by atomic mass is 10.1. The van der Waals surface area contributed by atoms with Gasteiger partial charge in [-0.15, -0.1) is 0 Å². The Kier molecular flexibility index (Phi) is 3.85. The van der Waals surface area contributed by atoms with E-state index in [0.717, 1.165) is 0 Å². The minimum atomic E-state index is -0.969. The summed E-state index contributed by atoms with van der Waals surface area (Å²) in [5.74, 6) is -0.161. The first-order valence-corrected chi connectivity index (χ1v) is 8.29. The molecule has 132 valence electrons. The van der Waals surface area contributed by atoms with E-state index in [2.05, 4.69) is 0 Å². The molecule has 0 saturated heterocycles. The summed E-state index contributed by atoms with van der Waals surface area (Å²) < 4.78 is 12.3. The molecule has 3 aromatic rings. The number of nitrogens with zero attached hydrogens (tertiary/aromatic N) is 1. The van der Waals surface area contributed by atoms with E-state index < -0.39 is 5.97 Å². The van der Waals surface area contributed by atoms with E-state index in [0.29, 0.717) is 44.2 Å². The molecule has 1 aliphatic rings. The summed E-state index contributed by atoms with van der Waals surface area (Å²) in [5, 5.41) is 10.5. The molecule has 0 fully saturated rings. The van der Waals surface area contributed by atoms with Gasteiger partial charge in [-0.2, -0.15) is 0 Å². The van der Waals surface area contributed by atoms with Gasteiger partial charge in [0.25, 0.3) is 5.91 Å². The fourth-order valence-corrected chi connectivity index (χ4v) is 3.35. The van der Waals surface area contributed by atoms with Crippen LogP contribution >= 0.6 is 11.6 Å². The van der Waals surface area contributed by atoms with Crippen LogP contribution in [-0.2, 0) is 11.2 Å². The molecule has 2 aromatic carbocycles. The summed E-state index contributed by atoms with van der Waals surface area (Å²) in [6.07, 6.45) is -0.192. The van der Waals surface area contributed by atoms with Gasteiger partial charge in [0, 0.05) is 27.7 Å². The summed E-state index contributed by atoms with van der Waals surface area (Å²) in [4.78, 5) is 24.4. The Labute approximate surface area is 153 Å². The molecule has 0 unspecified atom stereocenters. The molecule has 26 heavy (non-hydrogen) atoms. The highest BCUT2D eigenvalue weighted by Gasteiger charge is 2.25. The van der Waals surface area contributed by atoms with Crippen LogP contribution in [0.2, 0.25) is 5.02 Å². The standard InChI is InChI=1S/C19H14ClNO5/c1-10-13(7-18(22)23)14-6-16-17(26-9-25-16)8-15(14)21(10)19(24)11-2-4-12(20)5-3-11/h2-6,8H,7,9H2,1H3,(H,22,23). The molecule has 7 heteroatoms. The van der Waals surface area contributed by atoms with Crippen molar-refractivity contribution in [3.05, 3.63) is 58.2 Å². The lowest BCUT2D eigenvalue weighted by molar-refractivity contribution is -0.136. The van der Waals surface area contributed by atoms with Crippen molar-refractivity contribution >= 4 is 34.4 Å². The molecule has 1 N–H and O–H groups in total. The number of ether oxygens (including phenoxy) is 2. The van der Waals surface area contributed by atoms with Crippen LogP contribution in [0.1, 0.15) is 21.6 Å². The molecule has 2 heterocycles. The monoisotopic (exact) mass is 371 g/mol. The lowest BCUT2D eigenvalue weighted by Crippen LogP contribution is -2.14. The van der Waals surface area contributed by atoms with Crippen LogP contribution < -0.4 is 9.47 Å². The first-order valence-electron chi connectivity index (χ1n) is 7.91. The number of benzene rings is 2. The van der Waals surface area contributed by atoms with Crippen molar-refractivity contribution in [3.8, 4) is 11.5 Å². The SMILES string of the molecule is Cc1c(CC(=O)O)c2cc3c(cc2n1C(=O)c1ccc(Cl)cc1)OCO3. The van der Waals surface area contributed by atoms with Gasteiger partial charge in [0.1, 0.15) is 0 Å². The maximum atomic E-state index is 13.1. The van der Waals surface area contributed by atoms with Gasteiger partial charge in [0.2, 0.25) is 6.79 Å². The van der Waals surface area contributed by atoms with E-state index in [9.17, 15) is 14.7 Å². The maximum Gasteiger partial charge on any atom is 0.307 e. The fourth-order valence-electron chi connectivity index (χ4n) is 3.23. The highest BCUT2D eigenvalue weighted by atomic mass is 35.5. The third-order valence-electron chi connectivity index (χ3n) is 4.45. The number of aliphatic carboxylic acids is 1. The minimum absolute atomic E-state index is 0.0975. The second kappa shape index (κ2) is 6.07. The highest BCUT2D eigenvalue weighted by molar-refractivity contribution is 6.30. The van der Waals surface area contributed by atoms with Crippen molar-refractivity contribution in [1.82, 2.24) is 4.57 Å². The predicted octanol–water partition coefficient (Wildman–Crippen LogP) is 3.65. The van der Waals surface area contributed by atoms with Gasteiger partial charge in [-0.25, -0.2) is 0 Å². The van der Waals surface area contributed by atoms with Gasteiger partial charge < -0.3 is 14.6 Å². The first kappa shape index (κ1) is 16.5. The number of carbonyl (C=O) groups excluding carboxylic acids is 1. The van der Waals surface area contributed by atoms with E-state index in [1.807, 2.05) is 0 Å². The molecule has 0 saturated carbocycles. The topological polar surface area (TPSA) is 77.8 Å². The molecule has 0 radical (unpaired) electrons. The third kappa shape index (κ3) is 2.59. The van der Waals surface area contributed by atoms with Crippen LogP contribution in [0, 0.1) is 6.92 Å². The Morgan fingerprint density at radius 2 is 1.81 bits per heavy atom. The van der Waals surface area contributed by atoms with Crippen LogP contribution in [0.4, 0.5) is 0 Å². The van der Waals surface area contributed by atoms with Crippen molar-refractivity contribution < 1.29 is 24.2 Å². The molecule has 0 bridgehead atoms. The first-order chi connectivity index (χ1) is 12.5. The number of rotatable bonds is 3. The second-order valence-electron chi connectivity index (χ2n) is 6.00. The van der Waals surface area contributed by atoms with Crippen LogP contribution in [0.5, 0.6) is 11.5 Å². The van der Waals surface area contributed by atoms with Gasteiger partial charge in [-0.3, -0.25) is 14.2 Å². The van der Waals surface area contributed by atoms with E-state index in [-0.39, 0.29) is 19.1 Å². The molecular weight excluding hydrogens is 358 g/mol. The summed E-state index contributed by atoms with van der Waals surface area (Å²) in [5.41, 5.74) is 2.19. The largest absolute Gasteiger partial charge is 0.481 e. The molecular formula is C19H14ClNO5. The Hall–Kier alpha value is -2.99. The number of aromatic nitrogens is 1. The van der Waals surface area contributed by atoms with Crippen LogP contribution in [0.25, 0.3) is 10.9 Å². The predicted molar refractivity (Wildman–Crippen MR) is 95.3 cm³/mol. The van der Waals surface area contributed by atoms with Crippen LogP contribution in [0.3, 0.4) is 0 Å². The van der Waals surface area contributed by atoms with Crippen molar-refractivity contribution in [3.63, 3.8) is 0 Å². The van der Waals surface area contributed by atoms with E-state index >= 15 is 0 Å². The van der Waals surface area contributed by atoms with Gasteiger partial charge >= 0.3 is 5.97 Å².